The predicted octanol–water partition coefficient (Wildman–Crippen LogP) is 2.51. The maximum atomic E-state index is 12.5. The van der Waals surface area contributed by atoms with E-state index in [9.17, 15) is 20.1 Å². The minimum atomic E-state index is -0.830. The average Bonchev–Trinajstić information content (AvgIpc) is 3.21. The second-order valence-electron chi connectivity index (χ2n) is 10.6. The molecule has 0 unspecified atom stereocenters. The van der Waals surface area contributed by atoms with E-state index in [2.05, 4.69) is 19.2 Å². The maximum absolute atomic E-state index is 12.5. The highest BCUT2D eigenvalue weighted by Gasteiger charge is 2.68. The van der Waals surface area contributed by atoms with Gasteiger partial charge >= 0.3 is 0 Å². The summed E-state index contributed by atoms with van der Waals surface area (Å²) in [5, 5.41) is 35.1. The van der Waals surface area contributed by atoms with Crippen molar-refractivity contribution < 1.29 is 24.9 Å². The van der Waals surface area contributed by atoms with E-state index in [4.69, 9.17) is 4.74 Å². The van der Waals surface area contributed by atoms with E-state index in [-0.39, 0.29) is 23.5 Å². The SMILES string of the molecule is C[C@H]1CC[C@H]2C(C)(C)[C@H](O)[C@H](O)C[C@]2(C)[C@@]12Cc1c(O)cc3c(c1O2)C(=O)NC3. The van der Waals surface area contributed by atoms with Gasteiger partial charge in [0.1, 0.15) is 17.1 Å². The Kier molecular flexibility index (Phi) is 3.75. The molecule has 5 rings (SSSR count). The summed E-state index contributed by atoms with van der Waals surface area (Å²) >= 11 is 0. The molecule has 29 heavy (non-hydrogen) atoms. The largest absolute Gasteiger partial charge is 0.508 e. The monoisotopic (exact) mass is 401 g/mol. The number of benzene rings is 1. The van der Waals surface area contributed by atoms with E-state index in [0.717, 1.165) is 18.4 Å². The zero-order valence-corrected chi connectivity index (χ0v) is 17.6. The smallest absolute Gasteiger partial charge is 0.255 e. The number of phenols is 1. The van der Waals surface area contributed by atoms with Crippen molar-refractivity contribution in [1.82, 2.24) is 5.32 Å². The summed E-state index contributed by atoms with van der Waals surface area (Å²) in [6.07, 6.45) is 1.25. The van der Waals surface area contributed by atoms with E-state index in [0.29, 0.717) is 36.3 Å². The van der Waals surface area contributed by atoms with Crippen LogP contribution in [0.1, 0.15) is 68.4 Å². The molecular weight excluding hydrogens is 370 g/mol. The quantitative estimate of drug-likeness (QED) is 0.535. The summed E-state index contributed by atoms with van der Waals surface area (Å²) in [6.45, 7) is 8.83. The van der Waals surface area contributed by atoms with Crippen molar-refractivity contribution in [3.8, 4) is 11.5 Å². The van der Waals surface area contributed by atoms with E-state index in [1.165, 1.54) is 0 Å². The van der Waals surface area contributed by atoms with Gasteiger partial charge in [-0.05, 0) is 48.1 Å². The van der Waals surface area contributed by atoms with Gasteiger partial charge in [-0.15, -0.1) is 0 Å². The maximum Gasteiger partial charge on any atom is 0.255 e. The van der Waals surface area contributed by atoms with Crippen LogP contribution in [0, 0.1) is 22.7 Å². The summed E-state index contributed by atoms with van der Waals surface area (Å²) in [4.78, 5) is 12.5. The minimum Gasteiger partial charge on any atom is -0.508 e. The number of phenolic OH excluding ortho intramolecular Hbond substituents is 1. The molecule has 1 spiro atoms. The Hall–Kier alpha value is -1.79. The number of ether oxygens (including phenoxy) is 1. The number of aliphatic hydroxyl groups excluding tert-OH is 2. The number of aliphatic hydroxyl groups is 2. The van der Waals surface area contributed by atoms with Gasteiger partial charge in [-0.1, -0.05) is 27.7 Å². The van der Waals surface area contributed by atoms with Gasteiger partial charge < -0.3 is 25.4 Å². The predicted molar refractivity (Wildman–Crippen MR) is 107 cm³/mol. The van der Waals surface area contributed by atoms with Crippen molar-refractivity contribution in [2.75, 3.05) is 0 Å². The minimum absolute atomic E-state index is 0.155. The zero-order chi connectivity index (χ0) is 20.9. The third-order valence-electron chi connectivity index (χ3n) is 8.91. The second-order valence-corrected chi connectivity index (χ2v) is 10.6. The third-order valence-corrected chi connectivity index (χ3v) is 8.91. The first-order valence-electron chi connectivity index (χ1n) is 10.7. The van der Waals surface area contributed by atoms with E-state index in [1.807, 2.05) is 13.8 Å². The molecule has 6 heteroatoms. The number of carbonyl (C=O) groups is 1. The van der Waals surface area contributed by atoms with Gasteiger partial charge in [0, 0.05) is 23.9 Å². The molecule has 2 fully saturated rings. The fourth-order valence-electron chi connectivity index (χ4n) is 7.33. The summed E-state index contributed by atoms with van der Waals surface area (Å²) < 4.78 is 6.78. The first kappa shape index (κ1) is 19.2. The Labute approximate surface area is 171 Å². The molecule has 158 valence electrons. The molecule has 0 aromatic heterocycles. The summed E-state index contributed by atoms with van der Waals surface area (Å²) in [7, 11) is 0. The van der Waals surface area contributed by atoms with Crippen LogP contribution >= 0.6 is 0 Å². The average molecular weight is 402 g/mol. The van der Waals surface area contributed by atoms with Gasteiger partial charge in [0.2, 0.25) is 0 Å². The Morgan fingerprint density at radius 1 is 1.21 bits per heavy atom. The number of nitrogens with one attached hydrogen (secondary N) is 1. The van der Waals surface area contributed by atoms with Gasteiger partial charge in [-0.25, -0.2) is 0 Å². The van der Waals surface area contributed by atoms with Crippen LogP contribution in [0.15, 0.2) is 6.07 Å². The molecule has 4 N–H and O–H groups in total. The Morgan fingerprint density at radius 3 is 2.66 bits per heavy atom. The number of fused-ring (bicyclic) bond motifs is 5. The number of carbonyl (C=O) groups excluding carboxylic acids is 1. The van der Waals surface area contributed by atoms with Crippen LogP contribution in [-0.4, -0.2) is 39.0 Å². The molecule has 0 bridgehead atoms. The fraction of sp³-hybridized carbons (Fsp3) is 0.696. The molecule has 1 aromatic rings. The molecular formula is C23H31NO5. The number of amides is 1. The lowest BCUT2D eigenvalue weighted by molar-refractivity contribution is -0.240. The molecule has 2 aliphatic heterocycles. The topological polar surface area (TPSA) is 99.0 Å². The van der Waals surface area contributed by atoms with Crippen molar-refractivity contribution in [3.05, 3.63) is 22.8 Å². The highest BCUT2D eigenvalue weighted by Crippen LogP contribution is 2.67. The Balaban J connectivity index is 1.67. The van der Waals surface area contributed by atoms with E-state index < -0.39 is 28.6 Å². The summed E-state index contributed by atoms with van der Waals surface area (Å²) in [6, 6.07) is 1.69. The van der Waals surface area contributed by atoms with Crippen molar-refractivity contribution in [2.24, 2.45) is 22.7 Å². The number of hydrogen-bond acceptors (Lipinski definition) is 5. The highest BCUT2D eigenvalue weighted by atomic mass is 16.5. The Morgan fingerprint density at radius 2 is 1.93 bits per heavy atom. The lowest BCUT2D eigenvalue weighted by Crippen LogP contribution is -2.69. The number of rotatable bonds is 0. The molecule has 1 amide bonds. The molecule has 1 aromatic carbocycles. The Bertz CT molecular complexity index is 911. The fourth-order valence-corrected chi connectivity index (χ4v) is 7.33. The van der Waals surface area contributed by atoms with Crippen molar-refractivity contribution in [3.63, 3.8) is 0 Å². The van der Waals surface area contributed by atoms with Gasteiger partial charge in [0.15, 0.2) is 0 Å². The van der Waals surface area contributed by atoms with Crippen LogP contribution in [0.4, 0.5) is 0 Å². The lowest BCUT2D eigenvalue weighted by atomic mass is 9.43. The van der Waals surface area contributed by atoms with Crippen molar-refractivity contribution in [2.45, 2.75) is 77.7 Å². The van der Waals surface area contributed by atoms with E-state index in [1.54, 1.807) is 6.07 Å². The van der Waals surface area contributed by atoms with Gasteiger partial charge in [-0.2, -0.15) is 0 Å². The lowest BCUT2D eigenvalue weighted by Gasteiger charge is -2.64. The molecule has 6 atom stereocenters. The first-order chi connectivity index (χ1) is 13.5. The van der Waals surface area contributed by atoms with E-state index >= 15 is 0 Å². The standard InChI is InChI=1S/C23H31NO5/c1-11-5-6-16-21(2,3)19(27)15(26)9-22(16,4)23(11)8-13-14(25)7-12-10-24-20(28)17(12)18(13)29-23/h7,11,15-16,19,25-27H,5-6,8-10H2,1-4H3,(H,24,28)/t11-,15+,16-,19+,22-,23+/m0/s1. The highest BCUT2D eigenvalue weighted by molar-refractivity contribution is 6.02. The molecule has 4 aliphatic rings. The molecule has 2 heterocycles. The first-order valence-corrected chi connectivity index (χ1v) is 10.7. The van der Waals surface area contributed by atoms with Crippen LogP contribution in [0.2, 0.25) is 0 Å². The van der Waals surface area contributed by atoms with Crippen LogP contribution in [-0.2, 0) is 13.0 Å². The van der Waals surface area contributed by atoms with Crippen molar-refractivity contribution in [1.29, 1.82) is 0 Å². The van der Waals surface area contributed by atoms with Crippen LogP contribution < -0.4 is 10.1 Å². The molecule has 0 saturated heterocycles. The zero-order valence-electron chi connectivity index (χ0n) is 17.6. The number of aromatic hydroxyl groups is 1. The van der Waals surface area contributed by atoms with Gasteiger partial charge in [0.05, 0.1) is 17.8 Å². The molecule has 0 radical (unpaired) electrons. The van der Waals surface area contributed by atoms with Crippen molar-refractivity contribution >= 4 is 5.91 Å². The number of hydrogen-bond donors (Lipinski definition) is 4. The summed E-state index contributed by atoms with van der Waals surface area (Å²) in [5.74, 6) is 0.887. The van der Waals surface area contributed by atoms with Gasteiger partial charge in [-0.3, -0.25) is 4.79 Å². The molecule has 6 nitrogen and oxygen atoms in total. The van der Waals surface area contributed by atoms with Crippen LogP contribution in [0.25, 0.3) is 0 Å². The normalized spacial score (nSPS) is 42.1. The van der Waals surface area contributed by atoms with Crippen LogP contribution in [0.5, 0.6) is 11.5 Å². The van der Waals surface area contributed by atoms with Gasteiger partial charge in [0.25, 0.3) is 5.91 Å². The molecule has 2 aliphatic carbocycles. The molecule has 2 saturated carbocycles. The summed E-state index contributed by atoms with van der Waals surface area (Å²) in [5.41, 5.74) is 0.523. The third kappa shape index (κ3) is 2.17. The van der Waals surface area contributed by atoms with Crippen LogP contribution in [0.3, 0.4) is 0 Å². The second kappa shape index (κ2) is 5.67.